The van der Waals surface area contributed by atoms with Crippen molar-refractivity contribution in [1.29, 1.82) is 0 Å². The Kier molecular flexibility index (Phi) is 4.17. The van der Waals surface area contributed by atoms with Crippen LogP contribution in [0.25, 0.3) is 0 Å². The molecule has 1 aromatic carbocycles. The minimum absolute atomic E-state index is 0.650. The number of piperidine rings is 1. The first-order valence-corrected chi connectivity index (χ1v) is 8.25. The van der Waals surface area contributed by atoms with Crippen LogP contribution in [-0.4, -0.2) is 17.8 Å². The smallest absolute Gasteiger partial charge is 0.0544 e. The van der Waals surface area contributed by atoms with Crippen molar-refractivity contribution < 1.29 is 0 Å². The Bertz CT molecular complexity index is 411. The Balaban J connectivity index is 1.63. The van der Waals surface area contributed by atoms with Crippen LogP contribution in [0.1, 0.15) is 37.7 Å². The van der Waals surface area contributed by atoms with Crippen molar-refractivity contribution in [2.75, 3.05) is 6.54 Å². The first kappa shape index (κ1) is 12.8. The molecule has 1 N–H and O–H groups in total. The maximum Gasteiger partial charge on any atom is 0.0544 e. The highest BCUT2D eigenvalue weighted by atomic mass is 35.5. The van der Waals surface area contributed by atoms with Gasteiger partial charge in [-0.05, 0) is 56.3 Å². The number of thioether (sulfide) groups is 1. The van der Waals surface area contributed by atoms with E-state index in [4.69, 9.17) is 11.6 Å². The average Bonchev–Trinajstić information content (AvgIpc) is 3.18. The van der Waals surface area contributed by atoms with Crippen molar-refractivity contribution in [3.05, 3.63) is 28.8 Å². The van der Waals surface area contributed by atoms with Crippen LogP contribution in [0.3, 0.4) is 0 Å². The fraction of sp³-hybridized carbons (Fsp3) is 0.600. The maximum absolute atomic E-state index is 6.38. The highest BCUT2D eigenvalue weighted by molar-refractivity contribution is 8.00. The molecule has 18 heavy (non-hydrogen) atoms. The standard InChI is InChI=1S/C15H20ClNS/c16-14-10-11(9-12-3-1-2-8-17-12)4-7-15(14)18-13-5-6-13/h4,7,10,12-13,17H,1-3,5-6,8-9H2. The van der Waals surface area contributed by atoms with Gasteiger partial charge in [0.1, 0.15) is 0 Å². The van der Waals surface area contributed by atoms with Gasteiger partial charge in [0.05, 0.1) is 5.02 Å². The van der Waals surface area contributed by atoms with Crippen molar-refractivity contribution in [1.82, 2.24) is 5.32 Å². The molecule has 0 radical (unpaired) electrons. The summed E-state index contributed by atoms with van der Waals surface area (Å²) in [4.78, 5) is 1.26. The molecule has 2 fully saturated rings. The van der Waals surface area contributed by atoms with E-state index in [9.17, 15) is 0 Å². The van der Waals surface area contributed by atoms with E-state index in [0.717, 1.165) is 16.7 Å². The molecule has 1 saturated carbocycles. The highest BCUT2D eigenvalue weighted by Gasteiger charge is 2.23. The van der Waals surface area contributed by atoms with Crippen LogP contribution >= 0.6 is 23.4 Å². The molecule has 98 valence electrons. The predicted octanol–water partition coefficient (Wildman–Crippen LogP) is 4.28. The molecular weight excluding hydrogens is 262 g/mol. The summed E-state index contributed by atoms with van der Waals surface area (Å²) in [5.41, 5.74) is 1.37. The van der Waals surface area contributed by atoms with Gasteiger partial charge in [0.2, 0.25) is 0 Å². The van der Waals surface area contributed by atoms with Gasteiger partial charge in [0.25, 0.3) is 0 Å². The van der Waals surface area contributed by atoms with Gasteiger partial charge in [-0.25, -0.2) is 0 Å². The third-order valence-corrected chi connectivity index (χ3v) is 5.55. The molecule has 1 atom stereocenters. The normalized spacial score (nSPS) is 24.2. The maximum atomic E-state index is 6.38. The van der Waals surface area contributed by atoms with E-state index in [1.807, 2.05) is 11.8 Å². The lowest BCUT2D eigenvalue weighted by Crippen LogP contribution is -2.35. The SMILES string of the molecule is Clc1cc(CC2CCCCN2)ccc1SC1CC1. The zero-order chi connectivity index (χ0) is 12.4. The number of rotatable bonds is 4. The van der Waals surface area contributed by atoms with Gasteiger partial charge in [-0.15, -0.1) is 11.8 Å². The molecule has 1 aromatic rings. The second kappa shape index (κ2) is 5.85. The van der Waals surface area contributed by atoms with Crippen LogP contribution in [0.5, 0.6) is 0 Å². The van der Waals surface area contributed by atoms with E-state index in [0.29, 0.717) is 6.04 Å². The van der Waals surface area contributed by atoms with Crippen molar-refractivity contribution >= 4 is 23.4 Å². The lowest BCUT2D eigenvalue weighted by molar-refractivity contribution is 0.399. The minimum atomic E-state index is 0.650. The lowest BCUT2D eigenvalue weighted by atomic mass is 9.98. The molecule has 1 saturated heterocycles. The topological polar surface area (TPSA) is 12.0 Å². The molecule has 1 nitrogen and oxygen atoms in total. The van der Waals surface area contributed by atoms with Crippen molar-refractivity contribution in [3.63, 3.8) is 0 Å². The number of nitrogens with one attached hydrogen (secondary N) is 1. The summed E-state index contributed by atoms with van der Waals surface area (Å²) in [6, 6.07) is 7.29. The number of hydrogen-bond donors (Lipinski definition) is 1. The van der Waals surface area contributed by atoms with E-state index in [1.165, 1.54) is 49.1 Å². The van der Waals surface area contributed by atoms with Crippen molar-refractivity contribution in [2.24, 2.45) is 0 Å². The van der Waals surface area contributed by atoms with Gasteiger partial charge >= 0.3 is 0 Å². The summed E-state index contributed by atoms with van der Waals surface area (Å²) >= 11 is 8.32. The summed E-state index contributed by atoms with van der Waals surface area (Å²) in [5, 5.41) is 5.37. The van der Waals surface area contributed by atoms with E-state index < -0.39 is 0 Å². The van der Waals surface area contributed by atoms with Crippen LogP contribution < -0.4 is 5.32 Å². The summed E-state index contributed by atoms with van der Waals surface area (Å²) in [6.07, 6.45) is 7.82. The number of hydrogen-bond acceptors (Lipinski definition) is 2. The van der Waals surface area contributed by atoms with Gasteiger partial charge in [0, 0.05) is 16.2 Å². The second-order valence-electron chi connectivity index (χ2n) is 5.43. The zero-order valence-electron chi connectivity index (χ0n) is 10.6. The molecule has 0 spiro atoms. The summed E-state index contributed by atoms with van der Waals surface area (Å²) in [7, 11) is 0. The third-order valence-electron chi connectivity index (χ3n) is 3.71. The van der Waals surface area contributed by atoms with Crippen LogP contribution in [0.2, 0.25) is 5.02 Å². The lowest BCUT2D eigenvalue weighted by Gasteiger charge is -2.23. The summed E-state index contributed by atoms with van der Waals surface area (Å²) < 4.78 is 0. The van der Waals surface area contributed by atoms with Crippen molar-refractivity contribution in [2.45, 2.75) is 54.7 Å². The van der Waals surface area contributed by atoms with Crippen LogP contribution in [-0.2, 0) is 6.42 Å². The first-order valence-electron chi connectivity index (χ1n) is 7.00. The Morgan fingerprint density at radius 3 is 2.78 bits per heavy atom. The molecule has 0 amide bonds. The summed E-state index contributed by atoms with van der Waals surface area (Å²) in [5.74, 6) is 0. The van der Waals surface area contributed by atoms with Gasteiger partial charge in [-0.1, -0.05) is 24.1 Å². The Morgan fingerprint density at radius 2 is 2.11 bits per heavy atom. The fourth-order valence-corrected chi connectivity index (χ4v) is 3.90. The minimum Gasteiger partial charge on any atom is -0.314 e. The molecule has 1 heterocycles. The average molecular weight is 282 g/mol. The van der Waals surface area contributed by atoms with E-state index in [1.54, 1.807) is 0 Å². The first-order chi connectivity index (χ1) is 8.81. The molecule has 1 unspecified atom stereocenters. The summed E-state index contributed by atoms with van der Waals surface area (Å²) in [6.45, 7) is 1.17. The zero-order valence-corrected chi connectivity index (χ0v) is 12.2. The fourth-order valence-electron chi connectivity index (χ4n) is 2.52. The molecule has 3 heteroatoms. The van der Waals surface area contributed by atoms with Crippen LogP contribution in [0, 0.1) is 0 Å². The van der Waals surface area contributed by atoms with Gasteiger partial charge in [-0.3, -0.25) is 0 Å². The van der Waals surface area contributed by atoms with Crippen LogP contribution in [0.4, 0.5) is 0 Å². The van der Waals surface area contributed by atoms with Gasteiger partial charge in [-0.2, -0.15) is 0 Å². The molecular formula is C15H20ClNS. The third kappa shape index (κ3) is 3.43. The van der Waals surface area contributed by atoms with E-state index in [2.05, 4.69) is 23.5 Å². The number of benzene rings is 1. The van der Waals surface area contributed by atoms with Gasteiger partial charge in [0.15, 0.2) is 0 Å². The van der Waals surface area contributed by atoms with E-state index in [-0.39, 0.29) is 0 Å². The molecule has 0 aromatic heterocycles. The number of halogens is 1. The van der Waals surface area contributed by atoms with E-state index >= 15 is 0 Å². The monoisotopic (exact) mass is 281 g/mol. The van der Waals surface area contributed by atoms with Crippen molar-refractivity contribution in [3.8, 4) is 0 Å². The molecule has 0 bridgehead atoms. The molecule has 1 aliphatic heterocycles. The van der Waals surface area contributed by atoms with Gasteiger partial charge < -0.3 is 5.32 Å². The Morgan fingerprint density at radius 1 is 1.22 bits per heavy atom. The molecule has 2 aliphatic rings. The predicted molar refractivity (Wildman–Crippen MR) is 79.7 cm³/mol. The second-order valence-corrected chi connectivity index (χ2v) is 7.18. The quantitative estimate of drug-likeness (QED) is 0.884. The molecule has 3 rings (SSSR count). The Hall–Kier alpha value is -0.180. The largest absolute Gasteiger partial charge is 0.314 e. The Labute approximate surface area is 119 Å². The molecule has 1 aliphatic carbocycles. The highest BCUT2D eigenvalue weighted by Crippen LogP contribution is 2.42. The van der Waals surface area contributed by atoms with Crippen LogP contribution in [0.15, 0.2) is 23.1 Å².